The van der Waals surface area contributed by atoms with Gasteiger partial charge in [0.25, 0.3) is 0 Å². The van der Waals surface area contributed by atoms with Gasteiger partial charge in [0, 0.05) is 38.1 Å². The predicted molar refractivity (Wildman–Crippen MR) is 68.8 cm³/mol. The molecule has 0 spiro atoms. The third kappa shape index (κ3) is 5.31. The third-order valence-electron chi connectivity index (χ3n) is 3.15. The van der Waals surface area contributed by atoms with Crippen LogP contribution < -0.4 is 43.1 Å². The minimum Gasteiger partial charge on any atom is -1.00 e. The molecule has 0 fully saturated rings. The fourth-order valence-corrected chi connectivity index (χ4v) is 2.04. The summed E-state index contributed by atoms with van der Waals surface area (Å²) in [7, 11) is 0. The molecular weight excluding hydrogens is 384 g/mol. The highest BCUT2D eigenvalue weighted by atomic mass is 79.9. The Hall–Kier alpha value is -0.780. The van der Waals surface area contributed by atoms with E-state index < -0.39 is 0 Å². The summed E-state index contributed by atoms with van der Waals surface area (Å²) >= 11 is 0. The fraction of sp³-hybridized carbons (Fsp3) is 0.333. The summed E-state index contributed by atoms with van der Waals surface area (Å²) in [6.45, 7) is 5.34. The van der Waals surface area contributed by atoms with E-state index in [0.29, 0.717) is 13.1 Å². The van der Waals surface area contributed by atoms with Gasteiger partial charge in [0.1, 0.15) is 0 Å². The minimum atomic E-state index is -0.387. The smallest absolute Gasteiger partial charge is 0.180 e. The van der Waals surface area contributed by atoms with Gasteiger partial charge in [-0.2, -0.15) is 9.13 Å². The van der Waals surface area contributed by atoms with Crippen molar-refractivity contribution in [3.63, 3.8) is 0 Å². The molecule has 2 aromatic heterocycles. The van der Waals surface area contributed by atoms with Crippen molar-refractivity contribution < 1.29 is 48.2 Å². The summed E-state index contributed by atoms with van der Waals surface area (Å²) in [4.78, 5) is 0. The van der Waals surface area contributed by atoms with Crippen LogP contribution in [0.15, 0.2) is 48.8 Å². The maximum atomic E-state index is 10.2. The molecule has 0 radical (unpaired) electrons. The van der Waals surface area contributed by atoms with Crippen molar-refractivity contribution in [1.29, 1.82) is 0 Å². The second kappa shape index (κ2) is 9.21. The Bertz CT molecular complexity index is 487. The molecular formula is C15H20Br2N2O. The van der Waals surface area contributed by atoms with E-state index in [1.54, 1.807) is 0 Å². The van der Waals surface area contributed by atoms with E-state index in [1.165, 1.54) is 0 Å². The summed E-state index contributed by atoms with van der Waals surface area (Å²) in [5.41, 5.74) is 2.32. The number of nitrogens with zero attached hydrogens (tertiary/aromatic N) is 2. The zero-order chi connectivity index (χ0) is 13.0. The molecule has 0 aliphatic rings. The van der Waals surface area contributed by atoms with Crippen LogP contribution >= 0.6 is 0 Å². The molecule has 3 nitrogen and oxygen atoms in total. The Morgan fingerprint density at radius 1 is 0.850 bits per heavy atom. The number of halogens is 2. The summed E-state index contributed by atoms with van der Waals surface area (Å²) in [6, 6.07) is 12.1. The number of pyridine rings is 2. The van der Waals surface area contributed by atoms with E-state index >= 15 is 0 Å². The van der Waals surface area contributed by atoms with Gasteiger partial charge < -0.3 is 39.1 Å². The predicted octanol–water partition coefficient (Wildman–Crippen LogP) is -5.05. The van der Waals surface area contributed by atoms with Crippen LogP contribution in [-0.2, 0) is 13.1 Å². The van der Waals surface area contributed by atoms with Crippen LogP contribution in [0, 0.1) is 13.8 Å². The molecule has 2 rings (SSSR count). The molecule has 2 aromatic rings. The standard InChI is InChI=1S/C15H20N2O.2BrH/c1-13-7-3-5-9-16(13)11-15(18)12-17-10-6-4-8-14(17)2;;/h3-10,15,18H,11-12H2,1-2H3;2*1H/q+2;;/p-2. The van der Waals surface area contributed by atoms with Gasteiger partial charge in [-0.25, -0.2) is 0 Å². The van der Waals surface area contributed by atoms with Crippen LogP contribution in [0.25, 0.3) is 0 Å². The Morgan fingerprint density at radius 2 is 1.25 bits per heavy atom. The average Bonchev–Trinajstić information content (AvgIpc) is 2.35. The summed E-state index contributed by atoms with van der Waals surface area (Å²) in [5, 5.41) is 10.2. The van der Waals surface area contributed by atoms with Crippen LogP contribution in [0.3, 0.4) is 0 Å². The van der Waals surface area contributed by atoms with Crippen LogP contribution in [0.1, 0.15) is 11.4 Å². The molecule has 0 atom stereocenters. The molecule has 0 amide bonds. The van der Waals surface area contributed by atoms with E-state index in [-0.39, 0.29) is 40.1 Å². The Labute approximate surface area is 141 Å². The molecule has 0 saturated heterocycles. The van der Waals surface area contributed by atoms with E-state index in [1.807, 2.05) is 62.6 Å². The van der Waals surface area contributed by atoms with Gasteiger partial charge >= 0.3 is 0 Å². The van der Waals surface area contributed by atoms with E-state index in [0.717, 1.165) is 11.4 Å². The number of aliphatic hydroxyl groups excluding tert-OH is 1. The molecule has 0 aromatic carbocycles. The number of hydrogen-bond acceptors (Lipinski definition) is 1. The maximum Gasteiger partial charge on any atom is 0.180 e. The van der Waals surface area contributed by atoms with Gasteiger partial charge in [-0.1, -0.05) is 12.1 Å². The molecule has 0 saturated carbocycles. The van der Waals surface area contributed by atoms with Crippen LogP contribution in [0.4, 0.5) is 0 Å². The lowest BCUT2D eigenvalue weighted by atomic mass is 10.2. The van der Waals surface area contributed by atoms with Crippen molar-refractivity contribution in [2.45, 2.75) is 33.0 Å². The lowest BCUT2D eigenvalue weighted by molar-refractivity contribution is -0.743. The normalized spacial score (nSPS) is 9.80. The van der Waals surface area contributed by atoms with Crippen molar-refractivity contribution in [1.82, 2.24) is 0 Å². The fourth-order valence-electron chi connectivity index (χ4n) is 2.04. The molecule has 0 aliphatic carbocycles. The van der Waals surface area contributed by atoms with Gasteiger partial charge in [0.15, 0.2) is 43.0 Å². The molecule has 20 heavy (non-hydrogen) atoms. The molecule has 0 aliphatic heterocycles. The highest BCUT2D eigenvalue weighted by Crippen LogP contribution is 1.93. The molecule has 0 unspecified atom stereocenters. The van der Waals surface area contributed by atoms with E-state index in [2.05, 4.69) is 9.13 Å². The second-order valence-corrected chi connectivity index (χ2v) is 4.64. The highest BCUT2D eigenvalue weighted by Gasteiger charge is 2.18. The van der Waals surface area contributed by atoms with Crippen LogP contribution in [-0.4, -0.2) is 11.2 Å². The Balaban J connectivity index is 0.00000180. The Kier molecular flexibility index (Phi) is 8.85. The van der Waals surface area contributed by atoms with Gasteiger partial charge in [-0.15, -0.1) is 0 Å². The first-order chi connectivity index (χ1) is 8.66. The van der Waals surface area contributed by atoms with Crippen LogP contribution in [0.5, 0.6) is 0 Å². The number of hydrogen-bond donors (Lipinski definition) is 1. The Morgan fingerprint density at radius 3 is 1.60 bits per heavy atom. The lowest BCUT2D eigenvalue weighted by Gasteiger charge is -2.06. The zero-order valence-electron chi connectivity index (χ0n) is 11.7. The third-order valence-corrected chi connectivity index (χ3v) is 3.15. The van der Waals surface area contributed by atoms with Crippen LogP contribution in [0.2, 0.25) is 0 Å². The average molecular weight is 404 g/mol. The van der Waals surface area contributed by atoms with Gasteiger partial charge in [-0.3, -0.25) is 0 Å². The monoisotopic (exact) mass is 402 g/mol. The lowest BCUT2D eigenvalue weighted by Crippen LogP contribution is -3.00. The zero-order valence-corrected chi connectivity index (χ0v) is 14.9. The van der Waals surface area contributed by atoms with E-state index in [4.69, 9.17) is 0 Å². The van der Waals surface area contributed by atoms with Crippen molar-refractivity contribution >= 4 is 0 Å². The first-order valence-corrected chi connectivity index (χ1v) is 6.25. The first-order valence-electron chi connectivity index (χ1n) is 6.25. The van der Waals surface area contributed by atoms with E-state index in [9.17, 15) is 5.11 Å². The number of aryl methyl sites for hydroxylation is 2. The molecule has 110 valence electrons. The van der Waals surface area contributed by atoms with Crippen molar-refractivity contribution in [3.8, 4) is 0 Å². The van der Waals surface area contributed by atoms with Gasteiger partial charge in [-0.05, 0) is 0 Å². The van der Waals surface area contributed by atoms with Gasteiger partial charge in [0.2, 0.25) is 0 Å². The molecule has 5 heteroatoms. The first kappa shape index (κ1) is 19.2. The SMILES string of the molecule is Cc1cccc[n+]1CC(O)C[n+]1ccccc1C.[Br-].[Br-]. The summed E-state index contributed by atoms with van der Waals surface area (Å²) in [5.74, 6) is 0. The molecule has 0 bridgehead atoms. The minimum absolute atomic E-state index is 0. The molecule has 1 N–H and O–H groups in total. The largest absolute Gasteiger partial charge is 1.00 e. The van der Waals surface area contributed by atoms with Crippen molar-refractivity contribution in [2.75, 3.05) is 0 Å². The number of rotatable bonds is 4. The van der Waals surface area contributed by atoms with Crippen molar-refractivity contribution in [3.05, 3.63) is 60.2 Å². The number of aliphatic hydroxyl groups is 1. The highest BCUT2D eigenvalue weighted by molar-refractivity contribution is 4.95. The van der Waals surface area contributed by atoms with Gasteiger partial charge in [0.05, 0.1) is 0 Å². The quantitative estimate of drug-likeness (QED) is 0.508. The van der Waals surface area contributed by atoms with Crippen molar-refractivity contribution in [2.24, 2.45) is 0 Å². The summed E-state index contributed by atoms with van der Waals surface area (Å²) < 4.78 is 4.15. The summed E-state index contributed by atoms with van der Waals surface area (Å²) in [6.07, 6.45) is 3.62. The molecule has 2 heterocycles. The maximum absolute atomic E-state index is 10.2. The second-order valence-electron chi connectivity index (χ2n) is 4.64. The topological polar surface area (TPSA) is 28.0 Å². The number of aromatic nitrogens is 2.